The van der Waals surface area contributed by atoms with E-state index in [1.54, 1.807) is 30.0 Å². The highest BCUT2D eigenvalue weighted by atomic mass is 32.2. The van der Waals surface area contributed by atoms with Gasteiger partial charge in [0, 0.05) is 0 Å². The molecule has 0 radical (unpaired) electrons. The molecule has 0 saturated heterocycles. The summed E-state index contributed by atoms with van der Waals surface area (Å²) in [5, 5.41) is 9.20. The van der Waals surface area contributed by atoms with Gasteiger partial charge in [-0.25, -0.2) is 0 Å². The van der Waals surface area contributed by atoms with Crippen molar-refractivity contribution in [3.05, 3.63) is 24.3 Å². The molecule has 11 heavy (non-hydrogen) atoms. The molecule has 0 fully saturated rings. The van der Waals surface area contributed by atoms with Crippen molar-refractivity contribution in [2.45, 2.75) is 0 Å². The van der Waals surface area contributed by atoms with Crippen LogP contribution >= 0.6 is 11.8 Å². The van der Waals surface area contributed by atoms with E-state index in [-0.39, 0.29) is 5.75 Å². The molecule has 0 spiro atoms. The highest BCUT2D eigenvalue weighted by Crippen LogP contribution is 2.24. The van der Waals surface area contributed by atoms with Gasteiger partial charge in [-0.05, 0) is 18.4 Å². The summed E-state index contributed by atoms with van der Waals surface area (Å²) in [6.07, 6.45) is 1.94. The van der Waals surface area contributed by atoms with Crippen LogP contribution in [0.4, 0.5) is 0 Å². The second-order valence-electron chi connectivity index (χ2n) is 2.02. The zero-order valence-corrected chi connectivity index (χ0v) is 7.10. The lowest BCUT2D eigenvalue weighted by Crippen LogP contribution is -1.90. The molecule has 0 unspecified atom stereocenters. The predicted molar refractivity (Wildman–Crippen MR) is 47.1 cm³/mol. The quantitative estimate of drug-likeness (QED) is 0.704. The number of aromatic hydroxyl groups is 1. The summed E-state index contributed by atoms with van der Waals surface area (Å²) in [5.41, 5.74) is 0. The monoisotopic (exact) mass is 170 g/mol. The van der Waals surface area contributed by atoms with Gasteiger partial charge in [0.15, 0.2) is 11.5 Å². The summed E-state index contributed by atoms with van der Waals surface area (Å²) in [6.45, 7) is 0. The van der Waals surface area contributed by atoms with Gasteiger partial charge in [-0.3, -0.25) is 0 Å². The lowest BCUT2D eigenvalue weighted by molar-refractivity contribution is 0.359. The van der Waals surface area contributed by atoms with Crippen LogP contribution in [-0.4, -0.2) is 17.3 Å². The van der Waals surface area contributed by atoms with Crippen molar-refractivity contribution < 1.29 is 9.84 Å². The molecule has 1 aromatic rings. The zero-order valence-electron chi connectivity index (χ0n) is 6.28. The minimum absolute atomic E-state index is 0.196. The van der Waals surface area contributed by atoms with Crippen molar-refractivity contribution in [3.63, 3.8) is 0 Å². The first kappa shape index (κ1) is 8.27. The molecule has 0 amide bonds. The number of benzene rings is 1. The summed E-state index contributed by atoms with van der Waals surface area (Å²) < 4.78 is 5.20. The van der Waals surface area contributed by atoms with Crippen LogP contribution in [-0.2, 0) is 0 Å². The molecule has 0 bridgehead atoms. The first-order valence-corrected chi connectivity index (χ1v) is 4.63. The molecule has 1 aromatic carbocycles. The van der Waals surface area contributed by atoms with Crippen LogP contribution in [0.2, 0.25) is 0 Å². The Kier molecular flexibility index (Phi) is 3.11. The lowest BCUT2D eigenvalue weighted by Gasteiger charge is -2.04. The molecule has 0 aliphatic carbocycles. The Morgan fingerprint density at radius 3 is 2.82 bits per heavy atom. The molecule has 1 N–H and O–H groups in total. The van der Waals surface area contributed by atoms with Crippen LogP contribution in [0.25, 0.3) is 0 Å². The first-order chi connectivity index (χ1) is 5.34. The Labute approximate surface area is 70.2 Å². The van der Waals surface area contributed by atoms with Crippen LogP contribution in [0, 0.1) is 0 Å². The van der Waals surface area contributed by atoms with Gasteiger partial charge in [-0.2, -0.15) is 0 Å². The summed E-state index contributed by atoms with van der Waals surface area (Å²) in [5.74, 6) is 1.31. The molecular weight excluding hydrogens is 160 g/mol. The van der Waals surface area contributed by atoms with E-state index in [9.17, 15) is 5.11 Å². The van der Waals surface area contributed by atoms with E-state index in [1.807, 2.05) is 12.3 Å². The summed E-state index contributed by atoms with van der Waals surface area (Å²) in [7, 11) is 0. The van der Waals surface area contributed by atoms with Gasteiger partial charge in [0.2, 0.25) is 0 Å². The highest BCUT2D eigenvalue weighted by molar-refractivity contribution is 7.98. The molecule has 0 heterocycles. The molecule has 0 aromatic heterocycles. The zero-order chi connectivity index (χ0) is 8.10. The van der Waals surface area contributed by atoms with Crippen molar-refractivity contribution in [1.29, 1.82) is 0 Å². The van der Waals surface area contributed by atoms with Gasteiger partial charge < -0.3 is 9.84 Å². The summed E-state index contributed by atoms with van der Waals surface area (Å²) in [4.78, 5) is 0. The van der Waals surface area contributed by atoms with Crippen LogP contribution in [0.5, 0.6) is 11.5 Å². The molecule has 3 heteroatoms. The molecule has 1 rings (SSSR count). The van der Waals surface area contributed by atoms with Gasteiger partial charge in [-0.15, -0.1) is 11.8 Å². The summed E-state index contributed by atoms with van der Waals surface area (Å²) >= 11 is 1.57. The number of hydrogen-bond acceptors (Lipinski definition) is 3. The minimum Gasteiger partial charge on any atom is -0.504 e. The van der Waals surface area contributed by atoms with Gasteiger partial charge in [0.1, 0.15) is 5.94 Å². The molecule has 0 atom stereocenters. The Hall–Kier alpha value is -0.830. The Balaban J connectivity index is 2.62. The average molecular weight is 170 g/mol. The van der Waals surface area contributed by atoms with Crippen molar-refractivity contribution in [2.75, 3.05) is 12.2 Å². The van der Waals surface area contributed by atoms with E-state index in [2.05, 4.69) is 0 Å². The van der Waals surface area contributed by atoms with Crippen LogP contribution in [0.3, 0.4) is 0 Å². The fourth-order valence-electron chi connectivity index (χ4n) is 0.702. The number of phenolic OH excluding ortho intramolecular Hbond substituents is 1. The van der Waals surface area contributed by atoms with Crippen molar-refractivity contribution in [3.8, 4) is 11.5 Å². The maximum Gasteiger partial charge on any atom is 0.162 e. The second-order valence-corrected chi connectivity index (χ2v) is 2.83. The smallest absolute Gasteiger partial charge is 0.162 e. The van der Waals surface area contributed by atoms with E-state index >= 15 is 0 Å². The van der Waals surface area contributed by atoms with Crippen molar-refractivity contribution >= 4 is 11.8 Å². The molecule has 60 valence electrons. The Morgan fingerprint density at radius 1 is 1.45 bits per heavy atom. The lowest BCUT2D eigenvalue weighted by atomic mass is 10.3. The number of phenols is 1. The van der Waals surface area contributed by atoms with E-state index in [0.717, 1.165) is 0 Å². The third-order valence-electron chi connectivity index (χ3n) is 1.20. The largest absolute Gasteiger partial charge is 0.504 e. The number of rotatable bonds is 3. The molecule has 0 saturated carbocycles. The molecule has 0 aliphatic heterocycles. The fraction of sp³-hybridized carbons (Fsp3) is 0.250. The third kappa shape index (κ3) is 2.35. The topological polar surface area (TPSA) is 29.5 Å². The standard InChI is InChI=1S/C8H10O2S/c1-11-6-10-8-5-3-2-4-7(8)9/h2-5,9H,6H2,1H3. The fourth-order valence-corrected chi connectivity index (χ4v) is 0.946. The summed E-state index contributed by atoms with van der Waals surface area (Å²) in [6, 6.07) is 6.94. The van der Waals surface area contributed by atoms with Crippen LogP contribution in [0.1, 0.15) is 0 Å². The molecule has 2 nitrogen and oxygen atoms in total. The third-order valence-corrected chi connectivity index (χ3v) is 1.55. The van der Waals surface area contributed by atoms with Gasteiger partial charge in [-0.1, -0.05) is 12.1 Å². The highest BCUT2D eigenvalue weighted by Gasteiger charge is 1.97. The van der Waals surface area contributed by atoms with E-state index in [0.29, 0.717) is 11.7 Å². The number of para-hydroxylation sites is 2. The Morgan fingerprint density at radius 2 is 2.18 bits per heavy atom. The molecule has 0 aliphatic rings. The number of ether oxygens (including phenoxy) is 1. The number of hydrogen-bond donors (Lipinski definition) is 1. The van der Waals surface area contributed by atoms with E-state index in [1.165, 1.54) is 0 Å². The number of thioether (sulfide) groups is 1. The minimum atomic E-state index is 0.196. The van der Waals surface area contributed by atoms with Gasteiger partial charge in [0.05, 0.1) is 0 Å². The van der Waals surface area contributed by atoms with Gasteiger partial charge >= 0.3 is 0 Å². The van der Waals surface area contributed by atoms with E-state index in [4.69, 9.17) is 4.74 Å². The molecular formula is C8H10O2S. The Bertz CT molecular complexity index is 225. The normalized spacial score (nSPS) is 9.55. The average Bonchev–Trinajstić information content (AvgIpc) is 2.03. The SMILES string of the molecule is CSCOc1ccccc1O. The maximum atomic E-state index is 9.20. The first-order valence-electron chi connectivity index (χ1n) is 3.24. The van der Waals surface area contributed by atoms with Crippen molar-refractivity contribution in [2.24, 2.45) is 0 Å². The van der Waals surface area contributed by atoms with Crippen molar-refractivity contribution in [1.82, 2.24) is 0 Å². The van der Waals surface area contributed by atoms with Gasteiger partial charge in [0.25, 0.3) is 0 Å². The maximum absolute atomic E-state index is 9.20. The van der Waals surface area contributed by atoms with Crippen LogP contribution in [0.15, 0.2) is 24.3 Å². The predicted octanol–water partition coefficient (Wildman–Crippen LogP) is 2.09. The van der Waals surface area contributed by atoms with E-state index < -0.39 is 0 Å². The second kappa shape index (κ2) is 4.13. The van der Waals surface area contributed by atoms with Crippen LogP contribution < -0.4 is 4.74 Å².